The molecule has 7 heteroatoms. The van der Waals surface area contributed by atoms with Crippen LogP contribution in [0.5, 0.6) is 0 Å². The fourth-order valence-corrected chi connectivity index (χ4v) is 3.20. The van der Waals surface area contributed by atoms with Crippen molar-refractivity contribution in [3.8, 4) is 0 Å². The number of carbonyl (C=O) groups is 2. The summed E-state index contributed by atoms with van der Waals surface area (Å²) < 4.78 is 19.0. The highest BCUT2D eigenvalue weighted by atomic mass is 127. The molecule has 0 N–H and O–H groups in total. The Kier molecular flexibility index (Phi) is 4.34. The summed E-state index contributed by atoms with van der Waals surface area (Å²) in [6, 6.07) is 9.21. The normalized spacial score (nSPS) is 16.8. The van der Waals surface area contributed by atoms with Crippen molar-refractivity contribution in [1.82, 2.24) is 4.90 Å². The van der Waals surface area contributed by atoms with E-state index in [9.17, 15) is 14.0 Å². The summed E-state index contributed by atoms with van der Waals surface area (Å²) >= 11 is 2.89. The molecule has 112 valence electrons. The van der Waals surface area contributed by atoms with Gasteiger partial charge in [0, 0.05) is 6.08 Å². The summed E-state index contributed by atoms with van der Waals surface area (Å²) in [4.78, 5) is 25.7. The van der Waals surface area contributed by atoms with Crippen molar-refractivity contribution in [3.63, 3.8) is 0 Å². The molecule has 2 aromatic rings. The molecule has 1 aromatic heterocycles. The first-order valence-corrected chi connectivity index (χ1v) is 8.17. The fourth-order valence-electron chi connectivity index (χ4n) is 1.94. The fraction of sp³-hybridized carbons (Fsp3) is 0.0667. The van der Waals surface area contributed by atoms with Crippen LogP contribution >= 0.6 is 34.4 Å². The van der Waals surface area contributed by atoms with Gasteiger partial charge in [-0.25, -0.2) is 4.39 Å². The topological polar surface area (TPSA) is 50.5 Å². The first kappa shape index (κ1) is 15.3. The van der Waals surface area contributed by atoms with Crippen molar-refractivity contribution in [1.29, 1.82) is 0 Å². The minimum absolute atomic E-state index is 0.123. The average Bonchev–Trinajstić information content (AvgIpc) is 3.00. The zero-order chi connectivity index (χ0) is 15.7. The van der Waals surface area contributed by atoms with Crippen LogP contribution in [-0.4, -0.2) is 16.0 Å². The predicted octanol–water partition coefficient (Wildman–Crippen LogP) is 4.26. The van der Waals surface area contributed by atoms with Crippen molar-refractivity contribution in [2.45, 2.75) is 6.54 Å². The van der Waals surface area contributed by atoms with E-state index in [0.29, 0.717) is 20.0 Å². The highest BCUT2D eigenvalue weighted by Gasteiger charge is 2.35. The van der Waals surface area contributed by atoms with E-state index >= 15 is 0 Å². The monoisotopic (exact) mass is 429 g/mol. The quantitative estimate of drug-likeness (QED) is 0.541. The van der Waals surface area contributed by atoms with Crippen LogP contribution in [0.25, 0.3) is 6.08 Å². The Bertz CT molecular complexity index is 769. The van der Waals surface area contributed by atoms with Gasteiger partial charge >= 0.3 is 0 Å². The Labute approximate surface area is 143 Å². The van der Waals surface area contributed by atoms with Crippen LogP contribution in [0.3, 0.4) is 0 Å². The lowest BCUT2D eigenvalue weighted by Crippen LogP contribution is -2.27. The molecule has 1 aliphatic heterocycles. The highest BCUT2D eigenvalue weighted by Crippen LogP contribution is 2.33. The van der Waals surface area contributed by atoms with Gasteiger partial charge in [0.25, 0.3) is 11.1 Å². The Balaban J connectivity index is 1.79. The summed E-state index contributed by atoms with van der Waals surface area (Å²) in [5, 5.41) is -0.346. The van der Waals surface area contributed by atoms with Crippen molar-refractivity contribution in [2.75, 3.05) is 0 Å². The number of carbonyl (C=O) groups excluding carboxylic acids is 2. The Morgan fingerprint density at radius 3 is 2.55 bits per heavy atom. The highest BCUT2D eigenvalue weighted by molar-refractivity contribution is 14.1. The van der Waals surface area contributed by atoms with Crippen molar-refractivity contribution < 1.29 is 18.4 Å². The molecule has 2 amide bonds. The third kappa shape index (κ3) is 3.25. The van der Waals surface area contributed by atoms with E-state index in [1.165, 1.54) is 12.1 Å². The van der Waals surface area contributed by atoms with Crippen LogP contribution in [-0.2, 0) is 11.3 Å². The number of rotatable bonds is 3. The summed E-state index contributed by atoms with van der Waals surface area (Å²) in [5.74, 6) is -0.201. The molecular weight excluding hydrogens is 420 g/mol. The molecule has 4 nitrogen and oxygen atoms in total. The van der Waals surface area contributed by atoms with Crippen molar-refractivity contribution in [3.05, 3.63) is 62.2 Å². The summed E-state index contributed by atoms with van der Waals surface area (Å²) in [5.41, 5.74) is 0.692. The molecule has 0 radical (unpaired) electrons. The Morgan fingerprint density at radius 1 is 1.18 bits per heavy atom. The number of thioether (sulfide) groups is 1. The Hall–Kier alpha value is -1.61. The second-order valence-corrected chi connectivity index (χ2v) is 6.59. The maximum atomic E-state index is 12.9. The van der Waals surface area contributed by atoms with E-state index in [-0.39, 0.29) is 23.5 Å². The van der Waals surface area contributed by atoms with Gasteiger partial charge < -0.3 is 4.42 Å². The van der Waals surface area contributed by atoms with Gasteiger partial charge in [-0.2, -0.15) is 0 Å². The zero-order valence-electron chi connectivity index (χ0n) is 11.1. The molecule has 0 aliphatic carbocycles. The van der Waals surface area contributed by atoms with Gasteiger partial charge in [0.15, 0.2) is 3.77 Å². The van der Waals surface area contributed by atoms with E-state index in [1.807, 2.05) is 22.6 Å². The molecular formula is C15H9FINO3S. The van der Waals surface area contributed by atoms with Crippen LogP contribution in [0, 0.1) is 9.58 Å². The second-order valence-electron chi connectivity index (χ2n) is 4.54. The van der Waals surface area contributed by atoms with E-state index < -0.39 is 0 Å². The lowest BCUT2D eigenvalue weighted by molar-refractivity contribution is -0.123. The summed E-state index contributed by atoms with van der Waals surface area (Å²) in [6.07, 6.45) is 1.55. The summed E-state index contributed by atoms with van der Waals surface area (Å²) in [7, 11) is 0. The van der Waals surface area contributed by atoms with Gasteiger partial charge in [-0.1, -0.05) is 12.1 Å². The van der Waals surface area contributed by atoms with Crippen LogP contribution in [0.15, 0.2) is 45.7 Å². The predicted molar refractivity (Wildman–Crippen MR) is 89.3 cm³/mol. The zero-order valence-corrected chi connectivity index (χ0v) is 14.1. The van der Waals surface area contributed by atoms with Gasteiger partial charge in [0.2, 0.25) is 0 Å². The molecule has 22 heavy (non-hydrogen) atoms. The molecule has 1 aromatic carbocycles. The minimum Gasteiger partial charge on any atom is -0.451 e. The molecule has 1 aliphatic rings. The molecule has 3 rings (SSSR count). The molecule has 0 saturated carbocycles. The number of nitrogens with zero attached hydrogens (tertiary/aromatic N) is 1. The number of imide groups is 1. The molecule has 0 unspecified atom stereocenters. The lowest BCUT2D eigenvalue weighted by Gasteiger charge is -2.12. The maximum Gasteiger partial charge on any atom is 0.293 e. The van der Waals surface area contributed by atoms with E-state index in [4.69, 9.17) is 4.42 Å². The Morgan fingerprint density at radius 2 is 1.91 bits per heavy atom. The van der Waals surface area contributed by atoms with Gasteiger partial charge in [-0.15, -0.1) is 0 Å². The first-order valence-electron chi connectivity index (χ1n) is 6.28. The third-order valence-electron chi connectivity index (χ3n) is 2.99. The number of furan rings is 1. The largest absolute Gasteiger partial charge is 0.451 e. The van der Waals surface area contributed by atoms with E-state index in [0.717, 1.165) is 16.7 Å². The van der Waals surface area contributed by atoms with Gasteiger partial charge in [-0.3, -0.25) is 14.5 Å². The van der Waals surface area contributed by atoms with Gasteiger partial charge in [-0.05, 0) is 64.2 Å². The molecule has 0 spiro atoms. The standard InChI is InChI=1S/C15H9FINO3S/c16-10-3-1-9(2-4-10)8-18-14(19)12(22-15(18)20)7-11-5-6-13(17)21-11/h1-7H,8H2/b12-7+. The number of halogens is 2. The van der Waals surface area contributed by atoms with Gasteiger partial charge in [0.05, 0.1) is 11.4 Å². The molecule has 2 heterocycles. The van der Waals surface area contributed by atoms with Crippen molar-refractivity contribution in [2.24, 2.45) is 0 Å². The molecule has 1 saturated heterocycles. The number of amides is 2. The smallest absolute Gasteiger partial charge is 0.293 e. The van der Waals surface area contributed by atoms with Crippen LogP contribution in [0.4, 0.5) is 9.18 Å². The van der Waals surface area contributed by atoms with E-state index in [1.54, 1.807) is 30.3 Å². The molecule has 1 fully saturated rings. The minimum atomic E-state index is -0.370. The molecule has 0 bridgehead atoms. The number of benzene rings is 1. The van der Waals surface area contributed by atoms with Crippen LogP contribution < -0.4 is 0 Å². The number of hydrogen-bond acceptors (Lipinski definition) is 4. The second kappa shape index (κ2) is 6.25. The van der Waals surface area contributed by atoms with Crippen molar-refractivity contribution >= 4 is 51.6 Å². The van der Waals surface area contributed by atoms with E-state index in [2.05, 4.69) is 0 Å². The first-order chi connectivity index (χ1) is 10.5. The average molecular weight is 429 g/mol. The van der Waals surface area contributed by atoms with Crippen LogP contribution in [0.2, 0.25) is 0 Å². The van der Waals surface area contributed by atoms with Gasteiger partial charge in [0.1, 0.15) is 11.6 Å². The number of hydrogen-bond donors (Lipinski definition) is 0. The SMILES string of the molecule is O=C1S/C(=C/c2ccc(I)o2)C(=O)N1Cc1ccc(F)cc1. The van der Waals surface area contributed by atoms with Crippen LogP contribution in [0.1, 0.15) is 11.3 Å². The maximum absolute atomic E-state index is 12.9. The lowest BCUT2D eigenvalue weighted by atomic mass is 10.2. The molecule has 0 atom stereocenters. The third-order valence-corrected chi connectivity index (χ3v) is 4.48. The summed E-state index contributed by atoms with van der Waals surface area (Å²) in [6.45, 7) is 0.123.